The topological polar surface area (TPSA) is 152 Å². The summed E-state index contributed by atoms with van der Waals surface area (Å²) in [5.41, 5.74) is 0. The van der Waals surface area contributed by atoms with E-state index in [4.69, 9.17) is 42.6 Å². The molecule has 13 heteroatoms. The minimum atomic E-state index is -1.36. The molecule has 0 saturated heterocycles. The second-order valence-electron chi connectivity index (χ2n) is 13.3. The fourth-order valence-electron chi connectivity index (χ4n) is 4.10. The molecule has 0 atom stereocenters. The molecule has 0 bridgehead atoms. The molecule has 0 radical (unpaired) electrons. The molecule has 0 aliphatic carbocycles. The van der Waals surface area contributed by atoms with Crippen LogP contribution in [0.25, 0.3) is 0 Å². The van der Waals surface area contributed by atoms with E-state index in [-0.39, 0.29) is 17.4 Å². The molecule has 330 valence electrons. The van der Waals surface area contributed by atoms with Gasteiger partial charge in [-0.1, -0.05) is 140 Å². The van der Waals surface area contributed by atoms with Crippen LogP contribution >= 0.6 is 0 Å². The molecule has 0 aromatic carbocycles. The van der Waals surface area contributed by atoms with Gasteiger partial charge < -0.3 is 58.0 Å². The molecular weight excluding hydrogens is 723 g/mol. The fraction of sp³-hybridized carbons (Fsp3) is 1.00. The van der Waals surface area contributed by atoms with Crippen molar-refractivity contribution in [2.75, 3.05) is 79.3 Å². The third kappa shape index (κ3) is 36.8. The van der Waals surface area contributed by atoms with E-state index >= 15 is 0 Å². The summed E-state index contributed by atoms with van der Waals surface area (Å²) in [6, 6.07) is 0. The van der Waals surface area contributed by atoms with Crippen molar-refractivity contribution in [3.63, 3.8) is 0 Å². The monoisotopic (exact) mass is 811 g/mol. The van der Waals surface area contributed by atoms with Crippen molar-refractivity contribution in [3.8, 4) is 0 Å². The van der Waals surface area contributed by atoms with Crippen LogP contribution in [0.3, 0.4) is 0 Å². The van der Waals surface area contributed by atoms with Crippen LogP contribution in [0.1, 0.15) is 178 Å². The SMILES string of the molecule is CCCCOC(C[O-])(OCCCC)OCCCC.CCCCOC(C[O-])(OCCCC)OCCCC.CCCCOC(C[O-])(OCCCC)OCCCC.[Al+3]. The first-order chi connectivity index (χ1) is 26.2. The van der Waals surface area contributed by atoms with E-state index in [2.05, 4.69) is 62.3 Å². The van der Waals surface area contributed by atoms with Crippen molar-refractivity contribution in [3.05, 3.63) is 0 Å². The zero-order chi connectivity index (χ0) is 41.1. The minimum Gasteiger partial charge on any atom is -0.849 e. The zero-order valence-corrected chi connectivity index (χ0v) is 38.3. The van der Waals surface area contributed by atoms with Crippen molar-refractivity contribution in [2.45, 2.75) is 196 Å². The van der Waals surface area contributed by atoms with Gasteiger partial charge in [-0.3, -0.25) is 0 Å². The van der Waals surface area contributed by atoms with Crippen LogP contribution in [0.2, 0.25) is 0 Å². The smallest absolute Gasteiger partial charge is 0.849 e. The molecule has 0 unspecified atom stereocenters. The van der Waals surface area contributed by atoms with Crippen LogP contribution in [-0.2, 0) is 42.6 Å². The summed E-state index contributed by atoms with van der Waals surface area (Å²) in [5, 5.41) is 34.1. The van der Waals surface area contributed by atoms with E-state index in [1.165, 1.54) is 0 Å². The van der Waals surface area contributed by atoms with Crippen LogP contribution in [0.15, 0.2) is 0 Å². The van der Waals surface area contributed by atoms with Crippen molar-refractivity contribution in [2.24, 2.45) is 0 Å². The van der Waals surface area contributed by atoms with Crippen molar-refractivity contribution in [1.29, 1.82) is 0 Å². The quantitative estimate of drug-likeness (QED) is 0.0358. The average Bonchev–Trinajstić information content (AvgIpc) is 3.18. The Morgan fingerprint density at radius 3 is 0.436 bits per heavy atom. The van der Waals surface area contributed by atoms with Crippen LogP contribution < -0.4 is 15.3 Å². The Morgan fingerprint density at radius 2 is 0.364 bits per heavy atom. The fourth-order valence-corrected chi connectivity index (χ4v) is 4.10. The second kappa shape index (κ2) is 46.7. The Balaban J connectivity index is -0.000000351. The van der Waals surface area contributed by atoms with Gasteiger partial charge >= 0.3 is 17.4 Å². The first-order valence-corrected chi connectivity index (χ1v) is 21.7. The Kier molecular flexibility index (Phi) is 52.4. The van der Waals surface area contributed by atoms with Gasteiger partial charge in [-0.15, -0.1) is 0 Å². The normalized spacial score (nSPS) is 11.8. The number of hydrogen-bond donors (Lipinski definition) is 0. The van der Waals surface area contributed by atoms with Gasteiger partial charge in [0, 0.05) is 0 Å². The number of rotatable bonds is 39. The first-order valence-electron chi connectivity index (χ1n) is 21.7. The van der Waals surface area contributed by atoms with Gasteiger partial charge in [0.25, 0.3) is 17.9 Å². The van der Waals surface area contributed by atoms with Crippen LogP contribution in [0.4, 0.5) is 0 Å². The third-order valence-corrected chi connectivity index (χ3v) is 7.91. The first kappa shape index (κ1) is 61.7. The van der Waals surface area contributed by atoms with Gasteiger partial charge in [-0.25, -0.2) is 0 Å². The summed E-state index contributed by atoms with van der Waals surface area (Å²) in [7, 11) is 0. The second-order valence-corrected chi connectivity index (χ2v) is 13.3. The Labute approximate surface area is 349 Å². The molecule has 0 N–H and O–H groups in total. The molecule has 0 saturated carbocycles. The number of hydrogen-bond acceptors (Lipinski definition) is 12. The van der Waals surface area contributed by atoms with Gasteiger partial charge in [0.1, 0.15) is 0 Å². The summed E-state index contributed by atoms with van der Waals surface area (Å²) >= 11 is 0. The Bertz CT molecular complexity index is 537. The molecule has 12 nitrogen and oxygen atoms in total. The maximum atomic E-state index is 11.4. The number of unbranched alkanes of at least 4 members (excludes halogenated alkanes) is 9. The Hall–Kier alpha value is 0.0525. The van der Waals surface area contributed by atoms with E-state index < -0.39 is 37.7 Å². The van der Waals surface area contributed by atoms with E-state index in [1.54, 1.807) is 0 Å². The summed E-state index contributed by atoms with van der Waals surface area (Å²) in [6.45, 7) is 21.8. The van der Waals surface area contributed by atoms with Crippen molar-refractivity contribution < 1.29 is 58.0 Å². The van der Waals surface area contributed by atoms with Crippen LogP contribution in [0.5, 0.6) is 0 Å². The standard InChI is InChI=1S/3C14H29O4.Al/c3*1-4-7-10-16-14(13-15,17-11-8-5-2)18-12-9-6-3;/h3*4-13H2,1-3H3;/q3*-1;+3. The summed E-state index contributed by atoms with van der Waals surface area (Å²) in [5.74, 6) is -4.08. The maximum Gasteiger partial charge on any atom is 3.00 e. The molecule has 0 fully saturated rings. The predicted molar refractivity (Wildman–Crippen MR) is 216 cm³/mol. The molecule has 55 heavy (non-hydrogen) atoms. The summed E-state index contributed by atoms with van der Waals surface area (Å²) in [4.78, 5) is 0. The van der Waals surface area contributed by atoms with Crippen molar-refractivity contribution >= 4 is 17.4 Å². The van der Waals surface area contributed by atoms with Gasteiger partial charge in [0.05, 0.1) is 59.5 Å². The molecule has 0 spiro atoms. The average molecular weight is 811 g/mol. The van der Waals surface area contributed by atoms with E-state index in [0.29, 0.717) is 59.5 Å². The van der Waals surface area contributed by atoms with E-state index in [0.717, 1.165) is 116 Å². The molecule has 0 heterocycles. The maximum absolute atomic E-state index is 11.4. The zero-order valence-electron chi connectivity index (χ0n) is 37.2. The Morgan fingerprint density at radius 1 is 0.255 bits per heavy atom. The number of ether oxygens (including phenoxy) is 9. The van der Waals surface area contributed by atoms with Crippen molar-refractivity contribution in [1.82, 2.24) is 0 Å². The summed E-state index contributed by atoms with van der Waals surface area (Å²) in [6.07, 6.45) is 17.5. The van der Waals surface area contributed by atoms with Gasteiger partial charge in [-0.2, -0.15) is 0 Å². The largest absolute Gasteiger partial charge is 3.00 e. The molecule has 0 amide bonds. The summed E-state index contributed by atoms with van der Waals surface area (Å²) < 4.78 is 50.0. The van der Waals surface area contributed by atoms with Crippen LogP contribution in [-0.4, -0.2) is 115 Å². The molecule has 0 aliphatic rings. The van der Waals surface area contributed by atoms with Gasteiger partial charge in [-0.05, 0) is 57.8 Å². The predicted octanol–water partition coefficient (Wildman–Crippen LogP) is 6.97. The third-order valence-electron chi connectivity index (χ3n) is 7.91. The van der Waals surface area contributed by atoms with Gasteiger partial charge in [0.15, 0.2) is 0 Å². The molecule has 0 aromatic heterocycles. The van der Waals surface area contributed by atoms with E-state index in [1.807, 2.05) is 0 Å². The van der Waals surface area contributed by atoms with E-state index in [9.17, 15) is 15.3 Å². The van der Waals surface area contributed by atoms with Gasteiger partial charge in [0.2, 0.25) is 0 Å². The minimum absolute atomic E-state index is 0. The van der Waals surface area contributed by atoms with Crippen LogP contribution in [0, 0.1) is 0 Å². The molecule has 0 aliphatic heterocycles. The molecular formula is C42H87AlO12. The molecule has 0 aromatic rings. The molecule has 0 rings (SSSR count).